The molecule has 0 bridgehead atoms. The lowest BCUT2D eigenvalue weighted by Gasteiger charge is -2.29. The number of hydrogen-bond acceptors (Lipinski definition) is 5. The molecule has 3 rings (SSSR count). The van der Waals surface area contributed by atoms with Crippen molar-refractivity contribution >= 4 is 16.6 Å². The lowest BCUT2D eigenvalue weighted by Crippen LogP contribution is -2.41. The van der Waals surface area contributed by atoms with Crippen molar-refractivity contribution in [3.8, 4) is 6.07 Å². The van der Waals surface area contributed by atoms with Crippen LogP contribution in [0.3, 0.4) is 0 Å². The lowest BCUT2D eigenvalue weighted by atomic mass is 10.1. The molecule has 1 aliphatic heterocycles. The summed E-state index contributed by atoms with van der Waals surface area (Å²) in [5.41, 5.74) is 8.80. The van der Waals surface area contributed by atoms with E-state index in [4.69, 9.17) is 15.7 Å². The summed E-state index contributed by atoms with van der Waals surface area (Å²) in [5.74, 6) is 0. The summed E-state index contributed by atoms with van der Waals surface area (Å²) in [7, 11) is 0. The number of nitrogens with two attached hydrogens (primary N) is 1. The van der Waals surface area contributed by atoms with Gasteiger partial charge >= 0.3 is 0 Å². The molecule has 2 N–H and O–H groups in total. The maximum Gasteiger partial charge on any atom is 0.156 e. The highest BCUT2D eigenvalue weighted by Gasteiger charge is 2.20. The fourth-order valence-corrected chi connectivity index (χ4v) is 2.55. The average Bonchev–Trinajstić information content (AvgIpc) is 2.51. The number of aromatic nitrogens is 1. The summed E-state index contributed by atoms with van der Waals surface area (Å²) in [5, 5.41) is 9.93. The minimum atomic E-state index is -0.336. The molecule has 1 fully saturated rings. The predicted octanol–water partition coefficient (Wildman–Crippen LogP) is 1.54. The van der Waals surface area contributed by atoms with E-state index < -0.39 is 0 Å². The van der Waals surface area contributed by atoms with Gasteiger partial charge < -0.3 is 10.5 Å². The molecular formula is C15H16N4O. The van der Waals surface area contributed by atoms with Gasteiger partial charge in [-0.05, 0) is 23.8 Å². The van der Waals surface area contributed by atoms with E-state index >= 15 is 0 Å². The van der Waals surface area contributed by atoms with E-state index in [-0.39, 0.29) is 6.10 Å². The molecule has 102 valence electrons. The van der Waals surface area contributed by atoms with Gasteiger partial charge in [-0.25, -0.2) is 0 Å². The second-order valence-electron chi connectivity index (χ2n) is 4.94. The topological polar surface area (TPSA) is 75.2 Å². The Morgan fingerprint density at radius 1 is 1.45 bits per heavy atom. The number of anilines is 1. The minimum Gasteiger partial charge on any atom is -0.398 e. The van der Waals surface area contributed by atoms with Gasteiger partial charge in [-0.2, -0.15) is 5.26 Å². The van der Waals surface area contributed by atoms with Crippen LogP contribution in [0, 0.1) is 11.3 Å². The first kappa shape index (κ1) is 12.9. The number of nitrogens with zero attached hydrogens (tertiary/aromatic N) is 3. The van der Waals surface area contributed by atoms with Crippen LogP contribution >= 0.6 is 0 Å². The van der Waals surface area contributed by atoms with Crippen LogP contribution in [0.2, 0.25) is 0 Å². The number of hydrogen-bond donors (Lipinski definition) is 1. The molecule has 5 heteroatoms. The summed E-state index contributed by atoms with van der Waals surface area (Å²) in [4.78, 5) is 6.66. The summed E-state index contributed by atoms with van der Waals surface area (Å²) < 4.78 is 5.36. The number of morpholine rings is 1. The highest BCUT2D eigenvalue weighted by Crippen LogP contribution is 2.24. The van der Waals surface area contributed by atoms with Gasteiger partial charge in [0.2, 0.25) is 0 Å². The Morgan fingerprint density at radius 3 is 3.20 bits per heavy atom. The molecule has 0 spiro atoms. The van der Waals surface area contributed by atoms with Crippen molar-refractivity contribution < 1.29 is 4.74 Å². The van der Waals surface area contributed by atoms with E-state index in [1.54, 1.807) is 6.20 Å². The van der Waals surface area contributed by atoms with Crippen LogP contribution in [-0.2, 0) is 11.3 Å². The molecule has 1 aromatic carbocycles. The summed E-state index contributed by atoms with van der Waals surface area (Å²) >= 11 is 0. The Labute approximate surface area is 117 Å². The standard InChI is InChI=1S/C15H16N4O/c16-8-12-10-19(6-7-20-12)9-11-3-4-14(17)13-2-1-5-18-15(11)13/h1-5,12H,6-7,9-10,17H2. The summed E-state index contributed by atoms with van der Waals surface area (Å²) in [6.45, 7) is 2.82. The molecular weight excluding hydrogens is 252 g/mol. The Balaban J connectivity index is 1.88. The lowest BCUT2D eigenvalue weighted by molar-refractivity contribution is -0.00256. The molecule has 5 nitrogen and oxygen atoms in total. The van der Waals surface area contributed by atoms with Crippen molar-refractivity contribution in [3.05, 3.63) is 36.0 Å². The third-order valence-electron chi connectivity index (χ3n) is 3.58. The first-order valence-electron chi connectivity index (χ1n) is 6.63. The molecule has 0 saturated carbocycles. The van der Waals surface area contributed by atoms with Crippen molar-refractivity contribution in [3.63, 3.8) is 0 Å². The van der Waals surface area contributed by atoms with Crippen molar-refractivity contribution in [1.29, 1.82) is 5.26 Å². The van der Waals surface area contributed by atoms with Crippen molar-refractivity contribution in [2.24, 2.45) is 0 Å². The van der Waals surface area contributed by atoms with Crippen LogP contribution in [0.15, 0.2) is 30.5 Å². The minimum absolute atomic E-state index is 0.336. The molecule has 0 radical (unpaired) electrons. The molecule has 1 aromatic heterocycles. The number of rotatable bonds is 2. The van der Waals surface area contributed by atoms with Crippen molar-refractivity contribution in [1.82, 2.24) is 9.88 Å². The monoisotopic (exact) mass is 268 g/mol. The second kappa shape index (κ2) is 5.45. The van der Waals surface area contributed by atoms with Crippen LogP contribution in [0.1, 0.15) is 5.56 Å². The fraction of sp³-hybridized carbons (Fsp3) is 0.333. The smallest absolute Gasteiger partial charge is 0.156 e. The number of nitrogen functional groups attached to an aromatic ring is 1. The van der Waals surface area contributed by atoms with Gasteiger partial charge in [-0.1, -0.05) is 6.07 Å². The number of ether oxygens (including phenoxy) is 1. The highest BCUT2D eigenvalue weighted by molar-refractivity contribution is 5.92. The van der Waals surface area contributed by atoms with Crippen LogP contribution in [0.25, 0.3) is 10.9 Å². The normalized spacial score (nSPS) is 19.9. The molecule has 2 aromatic rings. The van der Waals surface area contributed by atoms with E-state index in [9.17, 15) is 0 Å². The zero-order valence-electron chi connectivity index (χ0n) is 11.1. The first-order valence-corrected chi connectivity index (χ1v) is 6.63. The Bertz CT molecular complexity index is 664. The van der Waals surface area contributed by atoms with Crippen molar-refractivity contribution in [2.75, 3.05) is 25.4 Å². The zero-order valence-corrected chi connectivity index (χ0v) is 11.1. The predicted molar refractivity (Wildman–Crippen MR) is 76.8 cm³/mol. The van der Waals surface area contributed by atoms with Crippen LogP contribution in [-0.4, -0.2) is 35.7 Å². The van der Waals surface area contributed by atoms with Gasteiger partial charge in [0.05, 0.1) is 18.2 Å². The third-order valence-corrected chi connectivity index (χ3v) is 3.58. The molecule has 2 heterocycles. The number of pyridine rings is 1. The molecule has 1 saturated heterocycles. The Morgan fingerprint density at radius 2 is 2.35 bits per heavy atom. The Hall–Kier alpha value is -2.16. The molecule has 1 unspecified atom stereocenters. The first-order chi connectivity index (χ1) is 9.78. The zero-order chi connectivity index (χ0) is 13.9. The second-order valence-corrected chi connectivity index (χ2v) is 4.94. The van der Waals surface area contributed by atoms with Gasteiger partial charge in [-0.15, -0.1) is 0 Å². The van der Waals surface area contributed by atoms with Crippen LogP contribution in [0.5, 0.6) is 0 Å². The maximum absolute atomic E-state index is 8.95. The van der Waals surface area contributed by atoms with Gasteiger partial charge in [0.15, 0.2) is 6.10 Å². The number of nitriles is 1. The highest BCUT2D eigenvalue weighted by atomic mass is 16.5. The largest absolute Gasteiger partial charge is 0.398 e. The van der Waals surface area contributed by atoms with Gasteiger partial charge in [0.1, 0.15) is 0 Å². The molecule has 1 aliphatic rings. The fourth-order valence-electron chi connectivity index (χ4n) is 2.55. The SMILES string of the molecule is N#CC1CN(Cc2ccc(N)c3cccnc23)CCO1. The van der Waals surface area contributed by atoms with E-state index in [0.29, 0.717) is 13.2 Å². The Kier molecular flexibility index (Phi) is 3.50. The van der Waals surface area contributed by atoms with Gasteiger partial charge in [0, 0.05) is 36.9 Å². The quantitative estimate of drug-likeness (QED) is 0.836. The maximum atomic E-state index is 8.95. The van der Waals surface area contributed by atoms with E-state index in [2.05, 4.69) is 16.0 Å². The van der Waals surface area contributed by atoms with E-state index in [0.717, 1.165) is 35.2 Å². The third kappa shape index (κ3) is 2.44. The van der Waals surface area contributed by atoms with Gasteiger partial charge in [-0.3, -0.25) is 9.88 Å². The summed E-state index contributed by atoms with van der Waals surface area (Å²) in [6, 6.07) is 9.98. The average molecular weight is 268 g/mol. The summed E-state index contributed by atoms with van der Waals surface area (Å²) in [6.07, 6.45) is 1.44. The van der Waals surface area contributed by atoms with E-state index in [1.807, 2.05) is 24.3 Å². The van der Waals surface area contributed by atoms with Gasteiger partial charge in [0.25, 0.3) is 0 Å². The molecule has 0 amide bonds. The van der Waals surface area contributed by atoms with Crippen molar-refractivity contribution in [2.45, 2.75) is 12.6 Å². The molecule has 0 aliphatic carbocycles. The van der Waals surface area contributed by atoms with E-state index in [1.165, 1.54) is 0 Å². The molecule has 20 heavy (non-hydrogen) atoms. The van der Waals surface area contributed by atoms with Crippen LogP contribution in [0.4, 0.5) is 5.69 Å². The number of fused-ring (bicyclic) bond motifs is 1. The van der Waals surface area contributed by atoms with Crippen LogP contribution < -0.4 is 5.73 Å². The number of benzene rings is 1. The molecule has 1 atom stereocenters.